The first kappa shape index (κ1) is 19.6. The number of nitrogens with zero attached hydrogens (tertiary/aromatic N) is 2. The monoisotopic (exact) mass is 419 g/mol. The SMILES string of the molecule is COc1ccc(-[n+]2c(N(C)Cc3ccccc3)sc(-c3ccccc3)c2S)cc1. The van der Waals surface area contributed by atoms with Crippen LogP contribution in [0.1, 0.15) is 5.56 Å². The molecule has 4 aromatic rings. The quantitative estimate of drug-likeness (QED) is 0.322. The molecule has 0 aliphatic heterocycles. The van der Waals surface area contributed by atoms with Crippen LogP contribution in [0.2, 0.25) is 0 Å². The summed E-state index contributed by atoms with van der Waals surface area (Å²) in [5.41, 5.74) is 3.50. The molecule has 4 rings (SSSR count). The first-order chi connectivity index (χ1) is 14.2. The van der Waals surface area contributed by atoms with Crippen LogP contribution in [0.15, 0.2) is 90.0 Å². The number of thiazole rings is 1. The van der Waals surface area contributed by atoms with E-state index < -0.39 is 0 Å². The fraction of sp³-hybridized carbons (Fsp3) is 0.125. The summed E-state index contributed by atoms with van der Waals surface area (Å²) < 4.78 is 7.54. The molecule has 0 spiro atoms. The van der Waals surface area contributed by atoms with Gasteiger partial charge in [-0.3, -0.25) is 4.90 Å². The molecule has 5 heteroatoms. The zero-order valence-corrected chi connectivity index (χ0v) is 18.2. The van der Waals surface area contributed by atoms with Crippen LogP contribution in [-0.2, 0) is 6.54 Å². The molecular formula is C24H23N2OS2+. The van der Waals surface area contributed by atoms with E-state index in [1.807, 2.05) is 24.3 Å². The molecule has 0 bridgehead atoms. The minimum absolute atomic E-state index is 0.818. The second kappa shape index (κ2) is 8.72. The van der Waals surface area contributed by atoms with Gasteiger partial charge in [-0.25, -0.2) is 0 Å². The third kappa shape index (κ3) is 4.16. The zero-order valence-electron chi connectivity index (χ0n) is 16.4. The van der Waals surface area contributed by atoms with E-state index in [9.17, 15) is 0 Å². The highest BCUT2D eigenvalue weighted by molar-refractivity contribution is 7.80. The Balaban J connectivity index is 1.81. The van der Waals surface area contributed by atoms with Gasteiger partial charge >= 0.3 is 5.13 Å². The average molecular weight is 420 g/mol. The smallest absolute Gasteiger partial charge is 0.342 e. The zero-order chi connectivity index (χ0) is 20.2. The van der Waals surface area contributed by atoms with Crippen molar-refractivity contribution >= 4 is 29.1 Å². The van der Waals surface area contributed by atoms with Crippen molar-refractivity contribution in [3.8, 4) is 21.9 Å². The molecule has 0 unspecified atom stereocenters. The van der Waals surface area contributed by atoms with Crippen LogP contribution in [0.5, 0.6) is 5.75 Å². The maximum atomic E-state index is 5.33. The number of hydrogen-bond acceptors (Lipinski definition) is 4. The normalized spacial score (nSPS) is 10.7. The predicted molar refractivity (Wildman–Crippen MR) is 124 cm³/mol. The van der Waals surface area contributed by atoms with Crippen LogP contribution in [0, 0.1) is 0 Å². The topological polar surface area (TPSA) is 16.4 Å². The van der Waals surface area contributed by atoms with Gasteiger partial charge in [0.1, 0.15) is 18.0 Å². The lowest BCUT2D eigenvalue weighted by atomic mass is 10.2. The lowest BCUT2D eigenvalue weighted by Gasteiger charge is -2.12. The van der Waals surface area contributed by atoms with Gasteiger partial charge in [0.25, 0.3) is 0 Å². The first-order valence-electron chi connectivity index (χ1n) is 9.40. The Bertz CT molecular complexity index is 1080. The molecule has 1 aromatic heterocycles. The molecule has 1 heterocycles. The molecule has 0 saturated heterocycles. The molecule has 146 valence electrons. The molecule has 0 atom stereocenters. The van der Waals surface area contributed by atoms with Crippen LogP contribution in [-0.4, -0.2) is 14.2 Å². The van der Waals surface area contributed by atoms with Gasteiger partial charge in [-0.15, -0.1) is 0 Å². The third-order valence-electron chi connectivity index (χ3n) is 4.76. The van der Waals surface area contributed by atoms with Gasteiger partial charge in [-0.05, 0) is 46.7 Å². The van der Waals surface area contributed by atoms with E-state index in [-0.39, 0.29) is 0 Å². The fourth-order valence-electron chi connectivity index (χ4n) is 3.29. The van der Waals surface area contributed by atoms with E-state index >= 15 is 0 Å². The number of benzene rings is 3. The lowest BCUT2D eigenvalue weighted by molar-refractivity contribution is -0.617. The highest BCUT2D eigenvalue weighted by Crippen LogP contribution is 2.36. The summed E-state index contributed by atoms with van der Waals surface area (Å²) in [7, 11) is 3.81. The van der Waals surface area contributed by atoms with Gasteiger partial charge in [0.2, 0.25) is 0 Å². The Kier molecular flexibility index (Phi) is 5.88. The van der Waals surface area contributed by atoms with E-state index in [4.69, 9.17) is 17.4 Å². The number of aromatic nitrogens is 1. The largest absolute Gasteiger partial charge is 0.497 e. The van der Waals surface area contributed by atoms with Gasteiger partial charge in [0, 0.05) is 0 Å². The van der Waals surface area contributed by atoms with Gasteiger partial charge in [0.05, 0.1) is 19.0 Å². The molecule has 0 saturated carbocycles. The number of hydrogen-bond donors (Lipinski definition) is 1. The van der Waals surface area contributed by atoms with Crippen LogP contribution in [0.25, 0.3) is 16.1 Å². The maximum Gasteiger partial charge on any atom is 0.342 e. The van der Waals surface area contributed by atoms with E-state index in [1.165, 1.54) is 11.1 Å². The number of thiol groups is 1. The highest BCUT2D eigenvalue weighted by atomic mass is 32.1. The summed E-state index contributed by atoms with van der Waals surface area (Å²) in [4.78, 5) is 3.43. The summed E-state index contributed by atoms with van der Waals surface area (Å²) in [5.74, 6) is 0.841. The van der Waals surface area contributed by atoms with Gasteiger partial charge in [-0.1, -0.05) is 73.3 Å². The Hall–Kier alpha value is -2.76. The summed E-state index contributed by atoms with van der Waals surface area (Å²) in [6, 6.07) is 29.0. The second-order valence-corrected chi connectivity index (χ2v) is 8.18. The summed E-state index contributed by atoms with van der Waals surface area (Å²) in [6.07, 6.45) is 0. The van der Waals surface area contributed by atoms with Crippen LogP contribution in [0.3, 0.4) is 0 Å². The molecule has 0 aliphatic rings. The van der Waals surface area contributed by atoms with E-state index in [2.05, 4.69) is 77.2 Å². The number of methoxy groups -OCH3 is 1. The minimum Gasteiger partial charge on any atom is -0.497 e. The van der Waals surface area contributed by atoms with Crippen molar-refractivity contribution in [1.29, 1.82) is 0 Å². The molecule has 0 fully saturated rings. The molecule has 29 heavy (non-hydrogen) atoms. The standard InChI is InChI=1S/C24H22N2OS2/c1-25(17-18-9-5-3-6-10-18)24-26(20-13-15-21(27-2)16-14-20)23(28)22(29-24)19-11-7-4-8-12-19/h3-16H,17H2,1-2H3/p+1. The second-order valence-electron chi connectivity index (χ2n) is 6.78. The third-order valence-corrected chi connectivity index (χ3v) is 6.64. The van der Waals surface area contributed by atoms with Crippen molar-refractivity contribution in [2.45, 2.75) is 11.6 Å². The maximum absolute atomic E-state index is 5.33. The highest BCUT2D eigenvalue weighted by Gasteiger charge is 2.27. The first-order valence-corrected chi connectivity index (χ1v) is 10.7. The summed E-state index contributed by atoms with van der Waals surface area (Å²) in [5, 5.41) is 2.06. The summed E-state index contributed by atoms with van der Waals surface area (Å²) in [6.45, 7) is 0.818. The Labute approximate surface area is 181 Å². The summed E-state index contributed by atoms with van der Waals surface area (Å²) >= 11 is 6.69. The molecule has 0 N–H and O–H groups in total. The van der Waals surface area contributed by atoms with Gasteiger partial charge < -0.3 is 4.74 Å². The van der Waals surface area contributed by atoms with E-state index in [0.29, 0.717) is 0 Å². The van der Waals surface area contributed by atoms with Gasteiger partial charge in [-0.2, -0.15) is 4.57 Å². The van der Waals surface area contributed by atoms with Crippen molar-refractivity contribution in [3.05, 3.63) is 90.5 Å². The molecular weight excluding hydrogens is 396 g/mol. The number of rotatable bonds is 6. The molecule has 3 nitrogen and oxygen atoms in total. The lowest BCUT2D eigenvalue weighted by Crippen LogP contribution is -2.37. The number of ether oxygens (including phenoxy) is 1. The van der Waals surface area contributed by atoms with Crippen LogP contribution < -0.4 is 14.2 Å². The molecule has 3 aromatic carbocycles. The Morgan fingerprint density at radius 1 is 0.897 bits per heavy atom. The van der Waals surface area contributed by atoms with E-state index in [0.717, 1.165) is 33.0 Å². The Morgan fingerprint density at radius 2 is 1.52 bits per heavy atom. The van der Waals surface area contributed by atoms with E-state index in [1.54, 1.807) is 18.4 Å². The Morgan fingerprint density at radius 3 is 2.14 bits per heavy atom. The van der Waals surface area contributed by atoms with Crippen molar-refractivity contribution in [3.63, 3.8) is 0 Å². The minimum atomic E-state index is 0.818. The molecule has 0 aliphatic carbocycles. The average Bonchev–Trinajstić information content (AvgIpc) is 3.12. The fourth-order valence-corrected chi connectivity index (χ4v) is 4.96. The molecule has 0 amide bonds. The van der Waals surface area contributed by atoms with Crippen LogP contribution >= 0.6 is 24.0 Å². The van der Waals surface area contributed by atoms with Crippen molar-refractivity contribution in [1.82, 2.24) is 0 Å². The molecule has 0 radical (unpaired) electrons. The van der Waals surface area contributed by atoms with Crippen molar-refractivity contribution in [2.75, 3.05) is 19.1 Å². The predicted octanol–water partition coefficient (Wildman–Crippen LogP) is 5.63. The van der Waals surface area contributed by atoms with Gasteiger partial charge in [0.15, 0.2) is 5.03 Å². The number of anilines is 1. The van der Waals surface area contributed by atoms with Crippen molar-refractivity contribution < 1.29 is 9.30 Å². The van der Waals surface area contributed by atoms with Crippen LogP contribution in [0.4, 0.5) is 5.13 Å². The van der Waals surface area contributed by atoms with Crippen molar-refractivity contribution in [2.24, 2.45) is 0 Å².